The van der Waals surface area contributed by atoms with Crippen LogP contribution < -0.4 is 10.1 Å². The van der Waals surface area contributed by atoms with E-state index >= 15 is 0 Å². The number of halogens is 1. The minimum absolute atomic E-state index is 0.200. The van der Waals surface area contributed by atoms with Gasteiger partial charge in [-0.3, -0.25) is 4.79 Å². The van der Waals surface area contributed by atoms with Crippen molar-refractivity contribution in [3.05, 3.63) is 64.1 Å². The summed E-state index contributed by atoms with van der Waals surface area (Å²) in [6.45, 7) is 6.05. The summed E-state index contributed by atoms with van der Waals surface area (Å²) in [4.78, 5) is 22.1. The number of carbonyl (C=O) groups is 1. The summed E-state index contributed by atoms with van der Waals surface area (Å²) in [5.74, 6) is -0.0392. The molecule has 0 unspecified atom stereocenters. The molecule has 9 heteroatoms. The molecule has 154 valence electrons. The first kappa shape index (κ1) is 20.0. The SMILES string of the molecule is Cc1nc(COc2ccc(F)cc2)sc1C(=O)Nc1cnc2c(cnn2C(C)C)c1. The molecule has 0 aliphatic heterocycles. The number of hydrogen-bond donors (Lipinski definition) is 1. The average Bonchev–Trinajstić information content (AvgIpc) is 3.30. The second kappa shape index (κ2) is 8.19. The number of aryl methyl sites for hydroxylation is 1. The van der Waals surface area contributed by atoms with Gasteiger partial charge in [-0.05, 0) is 51.1 Å². The molecule has 4 aromatic rings. The van der Waals surface area contributed by atoms with Crippen LogP contribution in [0.2, 0.25) is 0 Å². The van der Waals surface area contributed by atoms with Gasteiger partial charge in [0.05, 0.1) is 23.8 Å². The van der Waals surface area contributed by atoms with Gasteiger partial charge in [-0.25, -0.2) is 19.0 Å². The fourth-order valence-corrected chi connectivity index (χ4v) is 3.85. The fraction of sp³-hybridized carbons (Fsp3) is 0.238. The quantitative estimate of drug-likeness (QED) is 0.482. The zero-order valence-corrected chi connectivity index (χ0v) is 17.5. The van der Waals surface area contributed by atoms with E-state index in [1.807, 2.05) is 24.6 Å². The van der Waals surface area contributed by atoms with Crippen molar-refractivity contribution >= 4 is 34.0 Å². The highest BCUT2D eigenvalue weighted by atomic mass is 32.1. The molecule has 30 heavy (non-hydrogen) atoms. The highest BCUT2D eigenvalue weighted by molar-refractivity contribution is 7.13. The zero-order valence-electron chi connectivity index (χ0n) is 16.7. The number of ether oxygens (including phenoxy) is 1. The van der Waals surface area contributed by atoms with Gasteiger partial charge in [-0.15, -0.1) is 11.3 Å². The molecular weight excluding hydrogens is 405 g/mol. The first-order chi connectivity index (χ1) is 14.4. The van der Waals surface area contributed by atoms with Gasteiger partial charge < -0.3 is 10.1 Å². The van der Waals surface area contributed by atoms with Crippen LogP contribution in [0.15, 0.2) is 42.7 Å². The molecule has 1 aromatic carbocycles. The normalized spacial score (nSPS) is 11.2. The molecule has 4 rings (SSSR count). The number of amides is 1. The topological polar surface area (TPSA) is 81.9 Å². The number of nitrogens with zero attached hydrogens (tertiary/aromatic N) is 4. The van der Waals surface area contributed by atoms with Crippen LogP contribution in [0, 0.1) is 12.7 Å². The van der Waals surface area contributed by atoms with Gasteiger partial charge in [0, 0.05) is 11.4 Å². The Morgan fingerprint density at radius 2 is 2.03 bits per heavy atom. The van der Waals surface area contributed by atoms with Crippen molar-refractivity contribution in [2.24, 2.45) is 0 Å². The van der Waals surface area contributed by atoms with E-state index in [1.54, 1.807) is 31.5 Å². The van der Waals surface area contributed by atoms with Crippen LogP contribution in [0.3, 0.4) is 0 Å². The molecule has 0 aliphatic carbocycles. The van der Waals surface area contributed by atoms with Crippen molar-refractivity contribution in [3.63, 3.8) is 0 Å². The highest BCUT2D eigenvalue weighted by Crippen LogP contribution is 2.23. The number of fused-ring (bicyclic) bond motifs is 1. The Hall–Kier alpha value is -3.33. The van der Waals surface area contributed by atoms with Gasteiger partial charge in [-0.2, -0.15) is 5.10 Å². The third kappa shape index (κ3) is 4.16. The van der Waals surface area contributed by atoms with Crippen LogP contribution in [0.4, 0.5) is 10.1 Å². The summed E-state index contributed by atoms with van der Waals surface area (Å²) < 4.78 is 20.4. The maximum absolute atomic E-state index is 13.0. The predicted molar refractivity (Wildman–Crippen MR) is 113 cm³/mol. The van der Waals surface area contributed by atoms with Crippen LogP contribution in [0.25, 0.3) is 11.0 Å². The highest BCUT2D eigenvalue weighted by Gasteiger charge is 2.17. The lowest BCUT2D eigenvalue weighted by atomic mass is 10.3. The van der Waals surface area contributed by atoms with E-state index in [2.05, 4.69) is 20.4 Å². The second-order valence-corrected chi connectivity index (χ2v) is 8.12. The largest absolute Gasteiger partial charge is 0.486 e. The molecule has 3 heterocycles. The number of benzene rings is 1. The van der Waals surface area contributed by atoms with Crippen molar-refractivity contribution in [1.29, 1.82) is 0 Å². The average molecular weight is 425 g/mol. The van der Waals surface area contributed by atoms with E-state index in [0.29, 0.717) is 27.0 Å². The number of aromatic nitrogens is 4. The van der Waals surface area contributed by atoms with Gasteiger partial charge in [0.2, 0.25) is 0 Å². The Morgan fingerprint density at radius 1 is 1.27 bits per heavy atom. The number of hydrogen-bond acceptors (Lipinski definition) is 6. The van der Waals surface area contributed by atoms with Crippen molar-refractivity contribution in [3.8, 4) is 5.75 Å². The van der Waals surface area contributed by atoms with E-state index in [1.165, 1.54) is 23.5 Å². The molecule has 0 aliphatic rings. The van der Waals surface area contributed by atoms with Gasteiger partial charge in [0.1, 0.15) is 28.1 Å². The molecular formula is C21H20FN5O2S. The maximum atomic E-state index is 13.0. The zero-order chi connectivity index (χ0) is 21.3. The number of rotatable bonds is 6. The van der Waals surface area contributed by atoms with E-state index < -0.39 is 0 Å². The Bertz CT molecular complexity index is 1200. The first-order valence-electron chi connectivity index (χ1n) is 9.40. The lowest BCUT2D eigenvalue weighted by Gasteiger charge is -2.07. The standard InChI is InChI=1S/C21H20FN5O2S/c1-12(2)27-20-14(9-24-27)8-16(10-23-20)26-21(28)19-13(3)25-18(30-19)11-29-17-6-4-15(22)5-7-17/h4-10,12H,11H2,1-3H3,(H,26,28). The number of nitrogens with one attached hydrogen (secondary N) is 1. The molecule has 0 atom stereocenters. The van der Waals surface area contributed by atoms with Crippen LogP contribution in [-0.4, -0.2) is 25.7 Å². The first-order valence-corrected chi connectivity index (χ1v) is 10.2. The molecule has 1 N–H and O–H groups in total. The predicted octanol–water partition coefficient (Wildman–Crippen LogP) is 4.75. The van der Waals surface area contributed by atoms with E-state index in [4.69, 9.17) is 4.74 Å². The molecule has 0 saturated carbocycles. The monoisotopic (exact) mass is 425 g/mol. The van der Waals surface area contributed by atoms with Crippen LogP contribution in [0.5, 0.6) is 5.75 Å². The van der Waals surface area contributed by atoms with E-state index in [-0.39, 0.29) is 24.4 Å². The van der Waals surface area contributed by atoms with Crippen LogP contribution in [0.1, 0.15) is 40.3 Å². The van der Waals surface area contributed by atoms with Gasteiger partial charge >= 0.3 is 0 Å². The van der Waals surface area contributed by atoms with Gasteiger partial charge in [0.15, 0.2) is 5.65 Å². The number of pyridine rings is 1. The minimum atomic E-state index is -0.323. The molecule has 1 amide bonds. The van der Waals surface area contributed by atoms with Crippen molar-refractivity contribution in [2.45, 2.75) is 33.4 Å². The smallest absolute Gasteiger partial charge is 0.267 e. The van der Waals surface area contributed by atoms with Crippen molar-refractivity contribution in [1.82, 2.24) is 19.7 Å². The summed E-state index contributed by atoms with van der Waals surface area (Å²) in [5.41, 5.74) is 1.99. The Labute approximate surface area is 176 Å². The Balaban J connectivity index is 1.45. The van der Waals surface area contributed by atoms with Gasteiger partial charge in [-0.1, -0.05) is 0 Å². The summed E-state index contributed by atoms with van der Waals surface area (Å²) >= 11 is 1.26. The lowest BCUT2D eigenvalue weighted by Crippen LogP contribution is -2.12. The van der Waals surface area contributed by atoms with Crippen molar-refractivity contribution < 1.29 is 13.9 Å². The molecule has 7 nitrogen and oxygen atoms in total. The Kier molecular flexibility index (Phi) is 5.45. The fourth-order valence-electron chi connectivity index (χ4n) is 2.97. The molecule has 0 bridgehead atoms. The molecule has 0 saturated heterocycles. The minimum Gasteiger partial charge on any atom is -0.486 e. The lowest BCUT2D eigenvalue weighted by molar-refractivity contribution is 0.103. The summed E-state index contributed by atoms with van der Waals surface area (Å²) in [5, 5.41) is 8.73. The van der Waals surface area contributed by atoms with Crippen molar-refractivity contribution in [2.75, 3.05) is 5.32 Å². The molecule has 0 spiro atoms. The number of anilines is 1. The van der Waals surface area contributed by atoms with Crippen LogP contribution in [-0.2, 0) is 6.61 Å². The van der Waals surface area contributed by atoms with E-state index in [9.17, 15) is 9.18 Å². The third-order valence-electron chi connectivity index (χ3n) is 4.40. The van der Waals surface area contributed by atoms with Gasteiger partial charge in [0.25, 0.3) is 5.91 Å². The molecule has 0 fully saturated rings. The summed E-state index contributed by atoms with van der Waals surface area (Å²) in [7, 11) is 0. The molecule has 3 aromatic heterocycles. The van der Waals surface area contributed by atoms with E-state index in [0.717, 1.165) is 11.0 Å². The molecule has 0 radical (unpaired) electrons. The second-order valence-electron chi connectivity index (χ2n) is 7.04. The summed E-state index contributed by atoms with van der Waals surface area (Å²) in [6.07, 6.45) is 3.36. The number of thiazole rings is 1. The maximum Gasteiger partial charge on any atom is 0.267 e. The summed E-state index contributed by atoms with van der Waals surface area (Å²) in [6, 6.07) is 7.81. The number of carbonyl (C=O) groups excluding carboxylic acids is 1. The third-order valence-corrected chi connectivity index (χ3v) is 5.53. The van der Waals surface area contributed by atoms with Crippen LogP contribution >= 0.6 is 11.3 Å². The Morgan fingerprint density at radius 3 is 2.77 bits per heavy atom.